The van der Waals surface area contributed by atoms with Crippen LogP contribution in [0.4, 0.5) is 4.79 Å². The summed E-state index contributed by atoms with van der Waals surface area (Å²) in [4.78, 5) is 37.9. The number of carboxylic acids is 1. The van der Waals surface area contributed by atoms with Gasteiger partial charge in [0.2, 0.25) is 0 Å². The first-order valence-electron chi connectivity index (χ1n) is 10.3. The van der Waals surface area contributed by atoms with E-state index >= 15 is 0 Å². The molecule has 2 N–H and O–H groups in total. The monoisotopic (exact) mass is 438 g/mol. The molecule has 1 unspecified atom stereocenters. The van der Waals surface area contributed by atoms with Gasteiger partial charge in [-0.05, 0) is 37.5 Å². The first-order chi connectivity index (χ1) is 15.3. The summed E-state index contributed by atoms with van der Waals surface area (Å²) in [7, 11) is 1.60. The maximum absolute atomic E-state index is 12.5. The Morgan fingerprint density at radius 3 is 2.44 bits per heavy atom. The van der Waals surface area contributed by atoms with E-state index in [1.165, 1.54) is 4.90 Å². The number of ether oxygens (including phenoxy) is 1. The largest absolute Gasteiger partial charge is 0.480 e. The Morgan fingerprint density at radius 2 is 1.75 bits per heavy atom. The van der Waals surface area contributed by atoms with Crippen LogP contribution in [0.15, 0.2) is 65.1 Å². The Morgan fingerprint density at radius 1 is 1.06 bits per heavy atom. The zero-order valence-electron chi connectivity index (χ0n) is 18.0. The Kier molecular flexibility index (Phi) is 7.49. The molecule has 0 spiro atoms. The number of nitrogens with one attached hydrogen (secondary N) is 1. The number of hydrogen-bond donors (Lipinski definition) is 2. The number of carboxylic acid groups (broad SMARTS) is 1. The molecule has 2 atom stereocenters. The molecule has 0 aliphatic heterocycles. The molecule has 0 radical (unpaired) electrons. The lowest BCUT2D eigenvalue weighted by Gasteiger charge is -2.25. The SMILES string of the molecule is CC(CC[C@H](NC(=O)c1cc2ccccc2o1)C(=O)O)N(C)C(=O)OCc1ccccc1. The predicted octanol–water partition coefficient (Wildman–Crippen LogP) is 4.05. The second-order valence-corrected chi connectivity index (χ2v) is 7.59. The third-order valence-corrected chi connectivity index (χ3v) is 5.28. The molecule has 0 aliphatic rings. The molecular weight excluding hydrogens is 412 g/mol. The fourth-order valence-corrected chi connectivity index (χ4v) is 3.18. The number of carbonyl (C=O) groups is 3. The summed E-state index contributed by atoms with van der Waals surface area (Å²) in [6.07, 6.45) is -0.00728. The lowest BCUT2D eigenvalue weighted by atomic mass is 10.1. The highest BCUT2D eigenvalue weighted by atomic mass is 16.6. The molecule has 1 heterocycles. The number of rotatable bonds is 9. The van der Waals surface area contributed by atoms with Crippen LogP contribution < -0.4 is 5.32 Å². The van der Waals surface area contributed by atoms with E-state index in [4.69, 9.17) is 9.15 Å². The molecule has 0 saturated heterocycles. The van der Waals surface area contributed by atoms with Gasteiger partial charge in [-0.15, -0.1) is 0 Å². The van der Waals surface area contributed by atoms with Gasteiger partial charge >= 0.3 is 12.1 Å². The van der Waals surface area contributed by atoms with Crippen molar-refractivity contribution in [2.45, 2.75) is 38.5 Å². The fraction of sp³-hybridized carbons (Fsp3) is 0.292. The number of para-hydroxylation sites is 1. The maximum atomic E-state index is 12.5. The van der Waals surface area contributed by atoms with Crippen LogP contribution in [0, 0.1) is 0 Å². The molecular formula is C24H26N2O6. The van der Waals surface area contributed by atoms with Crippen LogP contribution in [-0.2, 0) is 16.1 Å². The lowest BCUT2D eigenvalue weighted by molar-refractivity contribution is -0.139. The number of benzene rings is 2. The van der Waals surface area contributed by atoms with Crippen LogP contribution in [0.2, 0.25) is 0 Å². The van der Waals surface area contributed by atoms with E-state index in [1.54, 1.807) is 38.2 Å². The number of aliphatic carboxylic acids is 1. The van der Waals surface area contributed by atoms with Gasteiger partial charge in [0.25, 0.3) is 5.91 Å². The van der Waals surface area contributed by atoms with E-state index < -0.39 is 24.0 Å². The van der Waals surface area contributed by atoms with Crippen molar-refractivity contribution in [3.63, 3.8) is 0 Å². The smallest absolute Gasteiger partial charge is 0.410 e. The molecule has 0 saturated carbocycles. The van der Waals surface area contributed by atoms with Crippen molar-refractivity contribution in [2.24, 2.45) is 0 Å². The summed E-state index contributed by atoms with van der Waals surface area (Å²) in [5, 5.41) is 12.8. The molecule has 1 aromatic heterocycles. The Balaban J connectivity index is 1.52. The summed E-state index contributed by atoms with van der Waals surface area (Å²) < 4.78 is 10.8. The third-order valence-electron chi connectivity index (χ3n) is 5.28. The summed E-state index contributed by atoms with van der Waals surface area (Å²) in [5.74, 6) is -1.71. The van der Waals surface area contributed by atoms with Crippen molar-refractivity contribution in [3.8, 4) is 0 Å². The highest BCUT2D eigenvalue weighted by molar-refractivity contribution is 5.97. The second kappa shape index (κ2) is 10.5. The van der Waals surface area contributed by atoms with E-state index in [0.29, 0.717) is 12.0 Å². The summed E-state index contributed by atoms with van der Waals surface area (Å²) in [6, 6.07) is 16.6. The van der Waals surface area contributed by atoms with Gasteiger partial charge in [-0.3, -0.25) is 4.79 Å². The van der Waals surface area contributed by atoms with E-state index in [0.717, 1.165) is 10.9 Å². The minimum Gasteiger partial charge on any atom is -0.480 e. The van der Waals surface area contributed by atoms with Gasteiger partial charge in [0.15, 0.2) is 5.76 Å². The number of carbonyl (C=O) groups excluding carboxylic acids is 2. The second-order valence-electron chi connectivity index (χ2n) is 7.59. The Labute approximate surface area is 185 Å². The molecule has 32 heavy (non-hydrogen) atoms. The molecule has 168 valence electrons. The molecule has 3 aromatic rings. The minimum atomic E-state index is -1.16. The Hall–Kier alpha value is -3.81. The van der Waals surface area contributed by atoms with Crippen LogP contribution in [0.1, 0.15) is 35.9 Å². The van der Waals surface area contributed by atoms with E-state index in [-0.39, 0.29) is 24.8 Å². The Bertz CT molecular complexity index is 1050. The molecule has 0 fully saturated rings. The lowest BCUT2D eigenvalue weighted by Crippen LogP contribution is -2.42. The molecule has 2 amide bonds. The maximum Gasteiger partial charge on any atom is 0.410 e. The average molecular weight is 438 g/mol. The number of hydrogen-bond acceptors (Lipinski definition) is 5. The first kappa shape index (κ1) is 22.9. The zero-order valence-corrected chi connectivity index (χ0v) is 18.0. The zero-order chi connectivity index (χ0) is 23.1. The fourth-order valence-electron chi connectivity index (χ4n) is 3.18. The number of amides is 2. The van der Waals surface area contributed by atoms with E-state index in [2.05, 4.69) is 5.32 Å². The van der Waals surface area contributed by atoms with Crippen molar-refractivity contribution < 1.29 is 28.6 Å². The number of furan rings is 1. The van der Waals surface area contributed by atoms with Gasteiger partial charge in [-0.1, -0.05) is 48.5 Å². The molecule has 0 aliphatic carbocycles. The van der Waals surface area contributed by atoms with Crippen molar-refractivity contribution in [1.29, 1.82) is 0 Å². The minimum absolute atomic E-state index is 0.0482. The summed E-state index contributed by atoms with van der Waals surface area (Å²) in [5.41, 5.74) is 1.43. The van der Waals surface area contributed by atoms with Gasteiger partial charge in [-0.25, -0.2) is 9.59 Å². The third kappa shape index (κ3) is 5.87. The van der Waals surface area contributed by atoms with E-state index in [1.807, 2.05) is 36.4 Å². The van der Waals surface area contributed by atoms with Gasteiger partial charge in [-0.2, -0.15) is 0 Å². The number of fused-ring (bicyclic) bond motifs is 1. The number of nitrogens with zero attached hydrogens (tertiary/aromatic N) is 1. The van der Waals surface area contributed by atoms with Crippen LogP contribution in [-0.4, -0.2) is 47.1 Å². The summed E-state index contributed by atoms with van der Waals surface area (Å²) >= 11 is 0. The molecule has 8 nitrogen and oxygen atoms in total. The van der Waals surface area contributed by atoms with E-state index in [9.17, 15) is 19.5 Å². The normalized spacial score (nSPS) is 12.7. The highest BCUT2D eigenvalue weighted by Gasteiger charge is 2.25. The standard InChI is InChI=1S/C24H26N2O6/c1-16(26(2)24(30)31-15-17-8-4-3-5-9-17)12-13-19(23(28)29)25-22(27)21-14-18-10-6-7-11-20(18)32-21/h3-11,14,16,19H,12-13,15H2,1-2H3,(H,25,27)(H,28,29)/t16?,19-/m0/s1. The molecule has 2 aromatic carbocycles. The predicted molar refractivity (Wildman–Crippen MR) is 118 cm³/mol. The van der Waals surface area contributed by atoms with Crippen molar-refractivity contribution in [3.05, 3.63) is 72.0 Å². The average Bonchev–Trinajstić information content (AvgIpc) is 3.24. The van der Waals surface area contributed by atoms with Crippen molar-refractivity contribution in [2.75, 3.05) is 7.05 Å². The van der Waals surface area contributed by atoms with Crippen molar-refractivity contribution in [1.82, 2.24) is 10.2 Å². The summed E-state index contributed by atoms with van der Waals surface area (Å²) in [6.45, 7) is 1.95. The van der Waals surface area contributed by atoms with Crippen molar-refractivity contribution >= 4 is 28.9 Å². The van der Waals surface area contributed by atoms with Crippen LogP contribution in [0.5, 0.6) is 0 Å². The van der Waals surface area contributed by atoms with Gasteiger partial charge < -0.3 is 24.5 Å². The van der Waals surface area contributed by atoms with Crippen LogP contribution in [0.25, 0.3) is 11.0 Å². The van der Waals surface area contributed by atoms with Gasteiger partial charge in [0.05, 0.1) is 0 Å². The first-order valence-corrected chi connectivity index (χ1v) is 10.3. The molecule has 0 bridgehead atoms. The van der Waals surface area contributed by atoms with Crippen LogP contribution in [0.3, 0.4) is 0 Å². The topological polar surface area (TPSA) is 109 Å². The highest BCUT2D eigenvalue weighted by Crippen LogP contribution is 2.19. The molecule has 3 rings (SSSR count). The van der Waals surface area contributed by atoms with Gasteiger partial charge in [0, 0.05) is 18.5 Å². The van der Waals surface area contributed by atoms with Crippen LogP contribution >= 0.6 is 0 Å². The van der Waals surface area contributed by atoms with Gasteiger partial charge in [0.1, 0.15) is 18.2 Å². The quantitative estimate of drug-likeness (QED) is 0.522. The molecule has 8 heteroatoms.